The van der Waals surface area contributed by atoms with Gasteiger partial charge in [-0.3, -0.25) is 4.79 Å². The largest absolute Gasteiger partial charge is 0.388 e. The number of nitrogens with zero attached hydrogens (tertiary/aromatic N) is 3. The quantitative estimate of drug-likeness (QED) is 0.729. The normalized spacial score (nSPS) is 9.87. The molecule has 6 nitrogen and oxygen atoms in total. The number of H-pyrrole nitrogens is 1. The van der Waals surface area contributed by atoms with E-state index >= 15 is 0 Å². The van der Waals surface area contributed by atoms with Crippen molar-refractivity contribution in [1.29, 1.82) is 0 Å². The van der Waals surface area contributed by atoms with E-state index in [9.17, 15) is 4.79 Å². The Labute approximate surface area is 85.3 Å². The van der Waals surface area contributed by atoms with Crippen LogP contribution in [-0.4, -0.2) is 26.6 Å². The van der Waals surface area contributed by atoms with Crippen LogP contribution in [0.1, 0.15) is 5.56 Å². The molecule has 0 radical (unpaired) electrons. The molecule has 0 amide bonds. The van der Waals surface area contributed by atoms with Crippen LogP contribution in [0.2, 0.25) is 0 Å². The van der Waals surface area contributed by atoms with Crippen molar-refractivity contribution < 1.29 is 9.53 Å². The van der Waals surface area contributed by atoms with Crippen molar-refractivity contribution in [3.8, 4) is 6.01 Å². The molecule has 0 atom stereocenters. The van der Waals surface area contributed by atoms with Gasteiger partial charge >= 0.3 is 12.0 Å². The van der Waals surface area contributed by atoms with Crippen LogP contribution in [0.15, 0.2) is 30.3 Å². The summed E-state index contributed by atoms with van der Waals surface area (Å²) in [6.45, 7) is 0. The molecule has 0 aliphatic rings. The zero-order chi connectivity index (χ0) is 10.5. The van der Waals surface area contributed by atoms with E-state index in [4.69, 9.17) is 4.74 Å². The Morgan fingerprint density at radius 2 is 2.13 bits per heavy atom. The van der Waals surface area contributed by atoms with Gasteiger partial charge in [-0.15, -0.1) is 0 Å². The minimum Gasteiger partial charge on any atom is -0.388 e. The Kier molecular flexibility index (Phi) is 2.68. The number of esters is 1. The van der Waals surface area contributed by atoms with Gasteiger partial charge in [-0.05, 0) is 10.8 Å². The SMILES string of the molecule is O=C(Cc1ccccc1)Oc1nn[nH]n1. The van der Waals surface area contributed by atoms with Crippen LogP contribution in [-0.2, 0) is 11.2 Å². The van der Waals surface area contributed by atoms with Gasteiger partial charge in [-0.1, -0.05) is 40.5 Å². The fraction of sp³-hybridized carbons (Fsp3) is 0.111. The first kappa shape index (κ1) is 9.32. The molecule has 15 heavy (non-hydrogen) atoms. The summed E-state index contributed by atoms with van der Waals surface area (Å²) >= 11 is 0. The van der Waals surface area contributed by atoms with E-state index in [-0.39, 0.29) is 12.4 Å². The monoisotopic (exact) mass is 204 g/mol. The first-order chi connectivity index (χ1) is 7.34. The summed E-state index contributed by atoms with van der Waals surface area (Å²) in [5.74, 6) is -0.414. The molecule has 2 rings (SSSR count). The zero-order valence-electron chi connectivity index (χ0n) is 7.75. The number of tetrazole rings is 1. The van der Waals surface area contributed by atoms with E-state index in [0.717, 1.165) is 5.56 Å². The van der Waals surface area contributed by atoms with Crippen molar-refractivity contribution in [2.75, 3.05) is 0 Å². The highest BCUT2D eigenvalue weighted by atomic mass is 16.6. The smallest absolute Gasteiger partial charge is 0.363 e. The summed E-state index contributed by atoms with van der Waals surface area (Å²) in [4.78, 5) is 11.3. The molecular formula is C9H8N4O2. The molecule has 76 valence electrons. The highest BCUT2D eigenvalue weighted by Gasteiger charge is 2.08. The minimum absolute atomic E-state index is 0.0593. The third-order valence-electron chi connectivity index (χ3n) is 1.72. The molecule has 1 heterocycles. The van der Waals surface area contributed by atoms with Gasteiger partial charge in [-0.25, -0.2) is 0 Å². The van der Waals surface area contributed by atoms with Gasteiger partial charge in [0.2, 0.25) is 0 Å². The standard InChI is InChI=1S/C9H8N4O2/c14-8(15-9-10-12-13-11-9)6-7-4-2-1-3-5-7/h1-5H,6H2,(H,10,11,12,13). The van der Waals surface area contributed by atoms with E-state index in [1.165, 1.54) is 0 Å². The summed E-state index contributed by atoms with van der Waals surface area (Å²) in [5.41, 5.74) is 0.881. The van der Waals surface area contributed by atoms with Crippen LogP contribution in [0, 0.1) is 0 Å². The predicted octanol–water partition coefficient (Wildman–Crippen LogP) is 0.348. The molecule has 0 saturated heterocycles. The maximum absolute atomic E-state index is 11.3. The molecule has 0 aliphatic heterocycles. The van der Waals surface area contributed by atoms with E-state index in [1.807, 2.05) is 30.3 Å². The number of benzene rings is 1. The number of aromatic nitrogens is 4. The predicted molar refractivity (Wildman–Crippen MR) is 50.0 cm³/mol. The van der Waals surface area contributed by atoms with Crippen LogP contribution in [0.5, 0.6) is 6.01 Å². The average Bonchev–Trinajstić information content (AvgIpc) is 2.71. The maximum atomic E-state index is 11.3. The van der Waals surface area contributed by atoms with Crippen LogP contribution < -0.4 is 4.74 Å². The summed E-state index contributed by atoms with van der Waals surface area (Å²) in [6.07, 6.45) is 0.190. The number of carbonyl (C=O) groups excluding carboxylic acids is 1. The van der Waals surface area contributed by atoms with Crippen LogP contribution in [0.25, 0.3) is 0 Å². The van der Waals surface area contributed by atoms with Crippen LogP contribution in [0.4, 0.5) is 0 Å². The second-order valence-electron chi connectivity index (χ2n) is 2.83. The fourth-order valence-corrected chi connectivity index (χ4v) is 1.10. The highest BCUT2D eigenvalue weighted by molar-refractivity contribution is 5.74. The van der Waals surface area contributed by atoms with Gasteiger partial charge in [0.15, 0.2) is 0 Å². The van der Waals surface area contributed by atoms with Gasteiger partial charge in [0.1, 0.15) is 0 Å². The molecule has 0 aliphatic carbocycles. The highest BCUT2D eigenvalue weighted by Crippen LogP contribution is 2.02. The first-order valence-electron chi connectivity index (χ1n) is 4.32. The molecular weight excluding hydrogens is 196 g/mol. The number of nitrogens with one attached hydrogen (secondary N) is 1. The maximum Gasteiger partial charge on any atom is 0.363 e. The fourth-order valence-electron chi connectivity index (χ4n) is 1.10. The number of carbonyl (C=O) groups is 1. The summed E-state index contributed by atoms with van der Waals surface area (Å²) in [6, 6.07) is 9.23. The summed E-state index contributed by atoms with van der Waals surface area (Å²) in [5, 5.41) is 12.5. The zero-order valence-corrected chi connectivity index (χ0v) is 7.75. The molecule has 0 saturated carbocycles. The van der Waals surface area contributed by atoms with Gasteiger partial charge in [0.05, 0.1) is 6.42 Å². The molecule has 0 fully saturated rings. The Morgan fingerprint density at radius 3 is 2.80 bits per heavy atom. The van der Waals surface area contributed by atoms with Crippen LogP contribution in [0.3, 0.4) is 0 Å². The van der Waals surface area contributed by atoms with Crippen molar-refractivity contribution in [2.45, 2.75) is 6.42 Å². The van der Waals surface area contributed by atoms with Crippen molar-refractivity contribution in [3.05, 3.63) is 35.9 Å². The minimum atomic E-state index is -0.414. The lowest BCUT2D eigenvalue weighted by Crippen LogP contribution is -2.12. The van der Waals surface area contributed by atoms with Crippen molar-refractivity contribution in [1.82, 2.24) is 20.6 Å². The van der Waals surface area contributed by atoms with Gasteiger partial charge in [0.25, 0.3) is 0 Å². The molecule has 0 spiro atoms. The molecule has 1 aromatic heterocycles. The van der Waals surface area contributed by atoms with E-state index in [0.29, 0.717) is 0 Å². The van der Waals surface area contributed by atoms with Crippen molar-refractivity contribution in [2.24, 2.45) is 0 Å². The number of rotatable bonds is 3. The second kappa shape index (κ2) is 4.32. The number of ether oxygens (including phenoxy) is 1. The van der Waals surface area contributed by atoms with Crippen molar-refractivity contribution in [3.63, 3.8) is 0 Å². The van der Waals surface area contributed by atoms with Gasteiger partial charge in [-0.2, -0.15) is 5.21 Å². The number of aromatic amines is 1. The lowest BCUT2D eigenvalue weighted by molar-refractivity contribution is -0.134. The average molecular weight is 204 g/mol. The third kappa shape index (κ3) is 2.60. The summed E-state index contributed by atoms with van der Waals surface area (Å²) in [7, 11) is 0. The number of hydrogen-bond donors (Lipinski definition) is 1. The lowest BCUT2D eigenvalue weighted by atomic mass is 10.2. The first-order valence-corrected chi connectivity index (χ1v) is 4.32. The van der Waals surface area contributed by atoms with E-state index < -0.39 is 5.97 Å². The Morgan fingerprint density at radius 1 is 1.33 bits per heavy atom. The van der Waals surface area contributed by atoms with E-state index in [1.54, 1.807) is 0 Å². The summed E-state index contributed by atoms with van der Waals surface area (Å²) < 4.78 is 4.80. The van der Waals surface area contributed by atoms with Gasteiger partial charge in [0, 0.05) is 0 Å². The molecule has 1 N–H and O–H groups in total. The second-order valence-corrected chi connectivity index (χ2v) is 2.83. The van der Waals surface area contributed by atoms with E-state index in [2.05, 4.69) is 20.6 Å². The topological polar surface area (TPSA) is 80.8 Å². The Bertz CT molecular complexity index is 427. The Balaban J connectivity index is 1.94. The van der Waals surface area contributed by atoms with Crippen molar-refractivity contribution >= 4 is 5.97 Å². The number of hydrogen-bond acceptors (Lipinski definition) is 5. The molecule has 0 bridgehead atoms. The van der Waals surface area contributed by atoms with Crippen LogP contribution >= 0.6 is 0 Å². The molecule has 6 heteroatoms. The lowest BCUT2D eigenvalue weighted by Gasteiger charge is -1.98. The van der Waals surface area contributed by atoms with Gasteiger partial charge < -0.3 is 4.74 Å². The molecule has 1 aromatic carbocycles. The Hall–Kier alpha value is -2.24. The molecule has 2 aromatic rings. The molecule has 0 unspecified atom stereocenters. The third-order valence-corrected chi connectivity index (χ3v) is 1.72.